The summed E-state index contributed by atoms with van der Waals surface area (Å²) in [4.78, 5) is 28.7. The van der Waals surface area contributed by atoms with Gasteiger partial charge in [0.1, 0.15) is 17.5 Å². The third kappa shape index (κ3) is 6.68. The van der Waals surface area contributed by atoms with E-state index in [0.717, 1.165) is 30.3 Å². The van der Waals surface area contributed by atoms with E-state index < -0.39 is 80.5 Å². The molecule has 0 aromatic heterocycles. The van der Waals surface area contributed by atoms with E-state index in [0.29, 0.717) is 37.2 Å². The Bertz CT molecular complexity index is 1700. The van der Waals surface area contributed by atoms with Crippen LogP contribution < -0.4 is 0 Å². The summed E-state index contributed by atoms with van der Waals surface area (Å²) >= 11 is 0. The molecule has 0 aliphatic carbocycles. The molecule has 2 fully saturated rings. The number of alkyl halides is 6. The molecule has 0 radical (unpaired) electrons. The number of ether oxygens (including phenoxy) is 1. The maximum Gasteiger partial charge on any atom is 0.430 e. The SMILES string of the molecule is CN1CCC(C(=O)N2CC[C@](c3ccc(C(OCc4c(F)cccc4F)(C(F)(F)F)C(F)(F)F)cc3)(S(=O)c3ccc(F)cc3)C2)CC1=O. The van der Waals surface area contributed by atoms with Crippen molar-refractivity contribution in [2.75, 3.05) is 26.7 Å². The highest BCUT2D eigenvalue weighted by Gasteiger charge is 2.73. The van der Waals surface area contributed by atoms with Crippen molar-refractivity contribution < 1.29 is 58.0 Å². The lowest BCUT2D eigenvalue weighted by molar-refractivity contribution is -0.392. The van der Waals surface area contributed by atoms with Crippen LogP contribution >= 0.6 is 0 Å². The van der Waals surface area contributed by atoms with Crippen LogP contribution in [0.1, 0.15) is 36.0 Å². The first-order valence-corrected chi connectivity index (χ1v) is 16.1. The van der Waals surface area contributed by atoms with Gasteiger partial charge in [-0.3, -0.25) is 13.8 Å². The molecule has 2 aliphatic heterocycles. The van der Waals surface area contributed by atoms with E-state index in [1.54, 1.807) is 7.05 Å². The van der Waals surface area contributed by atoms with Crippen LogP contribution in [0.4, 0.5) is 39.5 Å². The Balaban J connectivity index is 1.55. The lowest BCUT2D eigenvalue weighted by Crippen LogP contribution is -2.56. The maximum atomic E-state index is 14.5. The molecule has 3 aromatic rings. The molecule has 0 bridgehead atoms. The van der Waals surface area contributed by atoms with Gasteiger partial charge in [0.2, 0.25) is 11.8 Å². The van der Waals surface area contributed by atoms with Gasteiger partial charge >= 0.3 is 12.4 Å². The molecule has 3 aromatic carbocycles. The van der Waals surface area contributed by atoms with Gasteiger partial charge in [-0.15, -0.1) is 0 Å². The number of carbonyl (C=O) groups excluding carboxylic acids is 2. The van der Waals surface area contributed by atoms with E-state index in [1.165, 1.54) is 21.9 Å². The van der Waals surface area contributed by atoms with Gasteiger partial charge in [-0.25, -0.2) is 13.2 Å². The smallest absolute Gasteiger partial charge is 0.349 e. The minimum Gasteiger partial charge on any atom is -0.349 e. The van der Waals surface area contributed by atoms with Gasteiger partial charge in [0.15, 0.2) is 0 Å². The fraction of sp³-hybridized carbons (Fsp3) is 0.394. The molecular weight excluding hydrogens is 691 g/mol. The molecule has 16 heteroatoms. The summed E-state index contributed by atoms with van der Waals surface area (Å²) in [7, 11) is -0.530. The second kappa shape index (κ2) is 13.4. The van der Waals surface area contributed by atoms with Crippen molar-refractivity contribution in [3.8, 4) is 0 Å². The highest BCUT2D eigenvalue weighted by atomic mass is 32.2. The van der Waals surface area contributed by atoms with Crippen LogP contribution in [0.25, 0.3) is 0 Å². The number of piperidine rings is 1. The molecular formula is C33H29F9N2O4S. The van der Waals surface area contributed by atoms with Crippen LogP contribution in [0.2, 0.25) is 0 Å². The van der Waals surface area contributed by atoms with Crippen molar-refractivity contribution in [1.29, 1.82) is 0 Å². The van der Waals surface area contributed by atoms with Crippen molar-refractivity contribution in [1.82, 2.24) is 9.80 Å². The molecule has 264 valence electrons. The third-order valence-electron chi connectivity index (χ3n) is 9.05. The van der Waals surface area contributed by atoms with Gasteiger partial charge in [0.05, 0.1) is 22.2 Å². The van der Waals surface area contributed by atoms with Crippen LogP contribution in [0.3, 0.4) is 0 Å². The summed E-state index contributed by atoms with van der Waals surface area (Å²) in [6.07, 6.45) is -12.1. The molecule has 0 N–H and O–H groups in total. The van der Waals surface area contributed by atoms with Gasteiger partial charge in [-0.1, -0.05) is 30.3 Å². The zero-order chi connectivity index (χ0) is 35.9. The molecule has 2 heterocycles. The Morgan fingerprint density at radius 1 is 0.898 bits per heavy atom. The highest BCUT2D eigenvalue weighted by Crippen LogP contribution is 2.54. The van der Waals surface area contributed by atoms with Crippen LogP contribution in [0, 0.1) is 23.4 Å². The minimum absolute atomic E-state index is 0.000401. The van der Waals surface area contributed by atoms with Crippen molar-refractivity contribution in [2.45, 2.75) is 53.5 Å². The lowest BCUT2D eigenvalue weighted by Gasteiger charge is -2.38. The number of carbonyl (C=O) groups is 2. The van der Waals surface area contributed by atoms with Crippen LogP contribution in [-0.2, 0) is 42.1 Å². The molecule has 6 nitrogen and oxygen atoms in total. The number of halogens is 9. The molecule has 49 heavy (non-hydrogen) atoms. The lowest BCUT2D eigenvalue weighted by atomic mass is 9.88. The summed E-state index contributed by atoms with van der Waals surface area (Å²) in [5, 5.41) is 0. The molecule has 0 saturated carbocycles. The summed E-state index contributed by atoms with van der Waals surface area (Å²) in [5.74, 6) is -4.83. The Morgan fingerprint density at radius 2 is 1.49 bits per heavy atom. The first kappa shape index (κ1) is 36.4. The van der Waals surface area contributed by atoms with Gasteiger partial charge < -0.3 is 14.5 Å². The maximum absolute atomic E-state index is 14.5. The molecule has 3 atom stereocenters. The summed E-state index contributed by atoms with van der Waals surface area (Å²) in [6.45, 7) is -1.68. The van der Waals surface area contributed by atoms with Crippen molar-refractivity contribution in [3.05, 3.63) is 101 Å². The molecule has 0 spiro atoms. The van der Waals surface area contributed by atoms with E-state index in [-0.39, 0.29) is 42.3 Å². The predicted molar refractivity (Wildman–Crippen MR) is 157 cm³/mol. The largest absolute Gasteiger partial charge is 0.430 e. The van der Waals surface area contributed by atoms with E-state index in [4.69, 9.17) is 0 Å². The monoisotopic (exact) mass is 720 g/mol. The highest BCUT2D eigenvalue weighted by molar-refractivity contribution is 7.86. The number of hydrogen-bond donors (Lipinski definition) is 0. The number of amides is 2. The topological polar surface area (TPSA) is 66.9 Å². The van der Waals surface area contributed by atoms with Crippen LogP contribution in [0.5, 0.6) is 0 Å². The van der Waals surface area contributed by atoms with Crippen LogP contribution in [-0.4, -0.2) is 64.9 Å². The molecule has 2 unspecified atom stereocenters. The molecule has 2 amide bonds. The zero-order valence-corrected chi connectivity index (χ0v) is 26.5. The summed E-state index contributed by atoms with van der Waals surface area (Å²) in [5.41, 5.74) is -7.64. The molecule has 2 saturated heterocycles. The third-order valence-corrected chi connectivity index (χ3v) is 11.0. The van der Waals surface area contributed by atoms with Crippen molar-refractivity contribution in [2.24, 2.45) is 5.92 Å². The van der Waals surface area contributed by atoms with Crippen LogP contribution in [0.15, 0.2) is 71.6 Å². The average molecular weight is 721 g/mol. The second-order valence-corrected chi connectivity index (χ2v) is 13.8. The van der Waals surface area contributed by atoms with E-state index in [9.17, 15) is 53.3 Å². The number of likely N-dealkylation sites (tertiary alicyclic amines) is 2. The number of benzene rings is 3. The fourth-order valence-corrected chi connectivity index (χ4v) is 7.99. The Morgan fingerprint density at radius 3 is 2.04 bits per heavy atom. The fourth-order valence-electron chi connectivity index (χ4n) is 6.25. The van der Waals surface area contributed by atoms with E-state index in [1.807, 2.05) is 0 Å². The van der Waals surface area contributed by atoms with Gasteiger partial charge in [0.25, 0.3) is 5.60 Å². The summed E-state index contributed by atoms with van der Waals surface area (Å²) < 4.78 is 146. The van der Waals surface area contributed by atoms with Gasteiger partial charge in [-0.05, 0) is 54.8 Å². The number of hydrogen-bond acceptors (Lipinski definition) is 4. The standard InChI is InChI=1S/C33H29F9N2O4S/c1-43-15-13-20(17-28(43)45)29(46)44-16-14-30(19-44,49(47)24-11-9-23(34)10-12-24)21-5-7-22(8-6-21)31(32(37,38)39,33(40,41)42)48-18-25-26(35)3-2-4-27(25)36/h2-12,20H,13-19H2,1H3/t20?,30-,49?/m0/s1. The quantitative estimate of drug-likeness (QED) is 0.242. The number of rotatable bonds is 8. The first-order valence-electron chi connectivity index (χ1n) is 14.9. The second-order valence-electron chi connectivity index (χ2n) is 12.0. The Hall–Kier alpha value is -3.92. The first-order chi connectivity index (χ1) is 22.9. The normalized spacial score (nSPS) is 21.3. The van der Waals surface area contributed by atoms with E-state index in [2.05, 4.69) is 4.74 Å². The molecule has 5 rings (SSSR count). The Labute approximate surface area is 277 Å². The minimum atomic E-state index is -6.18. The molecule has 2 aliphatic rings. The summed E-state index contributed by atoms with van der Waals surface area (Å²) in [6, 6.07) is 9.46. The Kier molecular flexibility index (Phi) is 9.96. The average Bonchev–Trinajstić information content (AvgIpc) is 3.49. The van der Waals surface area contributed by atoms with Crippen molar-refractivity contribution >= 4 is 22.6 Å². The number of nitrogens with zero attached hydrogens (tertiary/aromatic N) is 2. The zero-order valence-electron chi connectivity index (χ0n) is 25.7. The van der Waals surface area contributed by atoms with E-state index >= 15 is 0 Å². The predicted octanol–water partition coefficient (Wildman–Crippen LogP) is 6.74. The van der Waals surface area contributed by atoms with Crippen molar-refractivity contribution in [3.63, 3.8) is 0 Å². The van der Waals surface area contributed by atoms with Gasteiger partial charge in [0, 0.05) is 55.0 Å². The van der Waals surface area contributed by atoms with Gasteiger partial charge in [-0.2, -0.15) is 26.3 Å².